The maximum absolute atomic E-state index is 12.3. The van der Waals surface area contributed by atoms with E-state index < -0.39 is 10.8 Å². The van der Waals surface area contributed by atoms with Crippen LogP contribution in [0, 0.1) is 17.0 Å². The highest BCUT2D eigenvalue weighted by molar-refractivity contribution is 6.04. The van der Waals surface area contributed by atoms with Crippen molar-refractivity contribution < 1.29 is 14.5 Å². The number of amides is 3. The molecular weight excluding hydrogens is 348 g/mol. The van der Waals surface area contributed by atoms with Gasteiger partial charge in [0, 0.05) is 35.5 Å². The molecule has 8 heteroatoms. The van der Waals surface area contributed by atoms with Crippen LogP contribution in [0.5, 0.6) is 0 Å². The van der Waals surface area contributed by atoms with Crippen molar-refractivity contribution in [1.82, 2.24) is 10.6 Å². The van der Waals surface area contributed by atoms with Crippen molar-refractivity contribution in [2.45, 2.75) is 33.4 Å². The highest BCUT2D eigenvalue weighted by Gasteiger charge is 2.15. The number of aryl methyl sites for hydroxylation is 1. The third kappa shape index (κ3) is 5.81. The van der Waals surface area contributed by atoms with E-state index in [0.717, 1.165) is 5.56 Å². The summed E-state index contributed by atoms with van der Waals surface area (Å²) in [6, 6.07) is 11.1. The number of carbonyl (C=O) groups excluding carboxylic acids is 2. The molecule has 27 heavy (non-hydrogen) atoms. The average molecular weight is 370 g/mol. The predicted molar refractivity (Wildman–Crippen MR) is 103 cm³/mol. The summed E-state index contributed by atoms with van der Waals surface area (Å²) in [4.78, 5) is 34.4. The molecule has 8 nitrogen and oxygen atoms in total. The van der Waals surface area contributed by atoms with Crippen molar-refractivity contribution in [3.05, 3.63) is 69.3 Å². The molecule has 2 aromatic rings. The van der Waals surface area contributed by atoms with E-state index in [-0.39, 0.29) is 23.3 Å². The molecule has 0 saturated heterocycles. The quantitative estimate of drug-likeness (QED) is 0.534. The number of nitro benzene ring substituents is 1. The lowest BCUT2D eigenvalue weighted by atomic mass is 10.1. The van der Waals surface area contributed by atoms with Gasteiger partial charge >= 0.3 is 6.03 Å². The topological polar surface area (TPSA) is 113 Å². The molecule has 0 spiro atoms. The van der Waals surface area contributed by atoms with Crippen molar-refractivity contribution in [3.8, 4) is 0 Å². The number of nitrogens with one attached hydrogen (secondary N) is 3. The molecule has 0 radical (unpaired) electrons. The zero-order valence-corrected chi connectivity index (χ0v) is 15.4. The molecule has 0 bridgehead atoms. The maximum atomic E-state index is 12.3. The van der Waals surface area contributed by atoms with Crippen LogP contribution >= 0.6 is 0 Å². The lowest BCUT2D eigenvalue weighted by molar-refractivity contribution is -0.385. The Hall–Kier alpha value is -3.42. The molecule has 0 atom stereocenters. The number of benzene rings is 2. The Morgan fingerprint density at radius 1 is 1.11 bits per heavy atom. The molecule has 0 aliphatic carbocycles. The molecule has 0 aromatic heterocycles. The molecule has 3 amide bonds. The number of rotatable bonds is 6. The molecule has 0 fully saturated rings. The van der Waals surface area contributed by atoms with E-state index in [9.17, 15) is 19.7 Å². The number of anilines is 1. The summed E-state index contributed by atoms with van der Waals surface area (Å²) in [6.45, 7) is 5.73. The number of urea groups is 1. The number of nitrogens with zero attached hydrogens (tertiary/aromatic N) is 1. The van der Waals surface area contributed by atoms with Crippen molar-refractivity contribution in [1.29, 1.82) is 0 Å². The summed E-state index contributed by atoms with van der Waals surface area (Å²) in [5.41, 5.74) is 2.04. The van der Waals surface area contributed by atoms with Crippen molar-refractivity contribution in [3.63, 3.8) is 0 Å². The fourth-order valence-corrected chi connectivity index (χ4v) is 2.35. The Balaban J connectivity index is 1.98. The molecule has 0 aliphatic heterocycles. The first kappa shape index (κ1) is 19.9. The summed E-state index contributed by atoms with van der Waals surface area (Å²) in [5, 5.41) is 19.2. The largest absolute Gasteiger partial charge is 0.336 e. The van der Waals surface area contributed by atoms with Gasteiger partial charge in [0.15, 0.2) is 0 Å². The summed E-state index contributed by atoms with van der Waals surface area (Å²) in [7, 11) is 0. The maximum Gasteiger partial charge on any atom is 0.315 e. The fourth-order valence-electron chi connectivity index (χ4n) is 2.35. The number of hydrogen-bond acceptors (Lipinski definition) is 4. The van der Waals surface area contributed by atoms with Gasteiger partial charge in [-0.25, -0.2) is 4.79 Å². The van der Waals surface area contributed by atoms with Gasteiger partial charge in [-0.3, -0.25) is 14.9 Å². The van der Waals surface area contributed by atoms with Crippen LogP contribution in [0.4, 0.5) is 16.2 Å². The normalized spacial score (nSPS) is 10.4. The van der Waals surface area contributed by atoms with Gasteiger partial charge in [0.1, 0.15) is 0 Å². The zero-order valence-electron chi connectivity index (χ0n) is 15.4. The molecule has 0 heterocycles. The lowest BCUT2D eigenvalue weighted by Gasteiger charge is -2.11. The van der Waals surface area contributed by atoms with E-state index in [2.05, 4.69) is 16.0 Å². The first-order chi connectivity index (χ1) is 12.8. The first-order valence-electron chi connectivity index (χ1n) is 8.46. The van der Waals surface area contributed by atoms with Crippen LogP contribution in [-0.4, -0.2) is 22.9 Å². The van der Waals surface area contributed by atoms with Crippen molar-refractivity contribution in [2.75, 3.05) is 5.32 Å². The van der Waals surface area contributed by atoms with E-state index >= 15 is 0 Å². The van der Waals surface area contributed by atoms with Crippen LogP contribution in [0.25, 0.3) is 0 Å². The summed E-state index contributed by atoms with van der Waals surface area (Å²) in [6.07, 6.45) is 0. The van der Waals surface area contributed by atoms with Crippen LogP contribution in [-0.2, 0) is 6.54 Å². The van der Waals surface area contributed by atoms with Crippen LogP contribution in [0.2, 0.25) is 0 Å². The predicted octanol–water partition coefficient (Wildman–Crippen LogP) is 3.36. The molecule has 2 rings (SSSR count). The van der Waals surface area contributed by atoms with Gasteiger partial charge < -0.3 is 16.0 Å². The van der Waals surface area contributed by atoms with Crippen molar-refractivity contribution >= 4 is 23.3 Å². The van der Waals surface area contributed by atoms with E-state index in [1.54, 1.807) is 43.3 Å². The third-order valence-corrected chi connectivity index (χ3v) is 3.75. The fraction of sp³-hybridized carbons (Fsp3) is 0.263. The Bertz CT molecular complexity index is 847. The van der Waals surface area contributed by atoms with Crippen LogP contribution in [0.3, 0.4) is 0 Å². The second-order valence-electron chi connectivity index (χ2n) is 6.39. The Kier molecular flexibility index (Phi) is 6.48. The molecule has 0 saturated carbocycles. The monoisotopic (exact) mass is 370 g/mol. The Morgan fingerprint density at radius 3 is 2.37 bits per heavy atom. The average Bonchev–Trinajstić information content (AvgIpc) is 2.60. The molecule has 0 unspecified atom stereocenters. The van der Waals surface area contributed by atoms with E-state index in [4.69, 9.17) is 0 Å². The Morgan fingerprint density at radius 2 is 1.78 bits per heavy atom. The lowest BCUT2D eigenvalue weighted by Crippen LogP contribution is -2.39. The van der Waals surface area contributed by atoms with Gasteiger partial charge in [-0.1, -0.05) is 18.2 Å². The minimum absolute atomic E-state index is 0.0557. The second kappa shape index (κ2) is 8.79. The minimum atomic E-state index is -0.511. The van der Waals surface area contributed by atoms with Crippen LogP contribution in [0.1, 0.15) is 35.3 Å². The zero-order chi connectivity index (χ0) is 20.0. The standard InChI is InChI=1S/C19H22N4O4/c1-12(2)21-19(25)20-11-14-5-8-16(9-6-14)22-18(24)15-7-4-13(3)17(10-15)23(26)27/h4-10,12H,11H2,1-3H3,(H,22,24)(H2,20,21,25). The van der Waals surface area contributed by atoms with Gasteiger partial charge in [-0.05, 0) is 44.5 Å². The number of nitro groups is 1. The smallest absolute Gasteiger partial charge is 0.315 e. The van der Waals surface area contributed by atoms with E-state index in [0.29, 0.717) is 17.8 Å². The summed E-state index contributed by atoms with van der Waals surface area (Å²) >= 11 is 0. The van der Waals surface area contributed by atoms with Gasteiger partial charge in [0.2, 0.25) is 0 Å². The SMILES string of the molecule is Cc1ccc(C(=O)Nc2ccc(CNC(=O)NC(C)C)cc2)cc1[N+](=O)[O-]. The van der Waals surface area contributed by atoms with Gasteiger partial charge in [0.05, 0.1) is 4.92 Å². The van der Waals surface area contributed by atoms with E-state index in [1.807, 2.05) is 13.8 Å². The number of hydrogen-bond donors (Lipinski definition) is 3. The molecule has 142 valence electrons. The second-order valence-corrected chi connectivity index (χ2v) is 6.39. The van der Waals surface area contributed by atoms with Gasteiger partial charge in [0.25, 0.3) is 11.6 Å². The molecule has 0 aliphatic rings. The Labute approximate surface area is 157 Å². The number of carbonyl (C=O) groups is 2. The summed E-state index contributed by atoms with van der Waals surface area (Å²) in [5.74, 6) is -0.430. The first-order valence-corrected chi connectivity index (χ1v) is 8.46. The van der Waals surface area contributed by atoms with Gasteiger partial charge in [-0.2, -0.15) is 0 Å². The van der Waals surface area contributed by atoms with Crippen LogP contribution in [0.15, 0.2) is 42.5 Å². The van der Waals surface area contributed by atoms with Crippen LogP contribution < -0.4 is 16.0 Å². The van der Waals surface area contributed by atoms with Crippen molar-refractivity contribution in [2.24, 2.45) is 0 Å². The molecular formula is C19H22N4O4. The molecule has 3 N–H and O–H groups in total. The van der Waals surface area contributed by atoms with Gasteiger partial charge in [-0.15, -0.1) is 0 Å². The molecule has 2 aromatic carbocycles. The highest BCUT2D eigenvalue weighted by Crippen LogP contribution is 2.20. The van der Waals surface area contributed by atoms with E-state index in [1.165, 1.54) is 6.07 Å². The highest BCUT2D eigenvalue weighted by atomic mass is 16.6. The minimum Gasteiger partial charge on any atom is -0.336 e. The summed E-state index contributed by atoms with van der Waals surface area (Å²) < 4.78 is 0. The third-order valence-electron chi connectivity index (χ3n) is 3.75.